The first-order valence-corrected chi connectivity index (χ1v) is 6.23. The fourth-order valence-electron chi connectivity index (χ4n) is 1.79. The standard InChI is InChI=1S/C14H14N4O2/c1-10-12(8-15-18(10)2)9-19-14-17-16-13(20-14)11-6-4-3-5-7-11/h3-8H,9H2,1-2H3. The van der Waals surface area contributed by atoms with Gasteiger partial charge in [0.1, 0.15) is 6.61 Å². The number of benzene rings is 1. The van der Waals surface area contributed by atoms with Crippen molar-refractivity contribution in [3.63, 3.8) is 0 Å². The van der Waals surface area contributed by atoms with Crippen LogP contribution < -0.4 is 4.74 Å². The molecule has 0 radical (unpaired) electrons. The summed E-state index contributed by atoms with van der Waals surface area (Å²) in [5.74, 6) is 0.448. The summed E-state index contributed by atoms with van der Waals surface area (Å²) in [6, 6.07) is 9.58. The smallest absolute Gasteiger partial charge is 0.415 e. The van der Waals surface area contributed by atoms with Crippen LogP contribution in [0.4, 0.5) is 0 Å². The lowest BCUT2D eigenvalue weighted by molar-refractivity contribution is 0.221. The molecule has 0 bridgehead atoms. The molecular formula is C14H14N4O2. The van der Waals surface area contributed by atoms with Crippen LogP contribution in [0.15, 0.2) is 40.9 Å². The zero-order valence-corrected chi connectivity index (χ0v) is 11.3. The van der Waals surface area contributed by atoms with Gasteiger partial charge in [0.05, 0.1) is 6.20 Å². The zero-order valence-electron chi connectivity index (χ0n) is 11.3. The van der Waals surface area contributed by atoms with Crippen molar-refractivity contribution in [2.75, 3.05) is 0 Å². The Labute approximate surface area is 116 Å². The lowest BCUT2D eigenvalue weighted by Crippen LogP contribution is -1.98. The highest BCUT2D eigenvalue weighted by atomic mass is 16.6. The SMILES string of the molecule is Cc1c(COc2nnc(-c3ccccc3)o2)cnn1C. The van der Waals surface area contributed by atoms with E-state index in [9.17, 15) is 0 Å². The van der Waals surface area contributed by atoms with E-state index in [4.69, 9.17) is 9.15 Å². The average molecular weight is 270 g/mol. The highest BCUT2D eigenvalue weighted by Crippen LogP contribution is 2.21. The molecule has 0 fully saturated rings. The molecule has 1 aromatic carbocycles. The van der Waals surface area contributed by atoms with E-state index in [1.807, 2.05) is 44.3 Å². The summed E-state index contributed by atoms with van der Waals surface area (Å²) in [6.45, 7) is 2.34. The molecule has 0 aliphatic rings. The second-order valence-corrected chi connectivity index (χ2v) is 4.41. The first kappa shape index (κ1) is 12.4. The second-order valence-electron chi connectivity index (χ2n) is 4.41. The molecule has 0 unspecified atom stereocenters. The molecule has 0 saturated carbocycles. The van der Waals surface area contributed by atoms with Gasteiger partial charge >= 0.3 is 6.08 Å². The number of nitrogens with zero attached hydrogens (tertiary/aromatic N) is 4. The topological polar surface area (TPSA) is 66.0 Å². The summed E-state index contributed by atoms with van der Waals surface area (Å²) in [7, 11) is 1.89. The molecule has 0 atom stereocenters. The van der Waals surface area contributed by atoms with Crippen LogP contribution in [-0.4, -0.2) is 20.0 Å². The molecule has 0 amide bonds. The Balaban J connectivity index is 1.70. The Morgan fingerprint density at radius 1 is 1.20 bits per heavy atom. The molecule has 2 heterocycles. The van der Waals surface area contributed by atoms with Crippen molar-refractivity contribution in [2.45, 2.75) is 13.5 Å². The molecule has 6 nitrogen and oxygen atoms in total. The van der Waals surface area contributed by atoms with Gasteiger partial charge in [-0.2, -0.15) is 5.10 Å². The molecule has 3 aromatic rings. The van der Waals surface area contributed by atoms with Crippen LogP contribution in [0.25, 0.3) is 11.5 Å². The fourth-order valence-corrected chi connectivity index (χ4v) is 1.79. The van der Waals surface area contributed by atoms with Crippen molar-refractivity contribution in [1.82, 2.24) is 20.0 Å². The Bertz CT molecular complexity index is 703. The maximum Gasteiger partial charge on any atom is 0.415 e. The molecule has 102 valence electrons. The first-order valence-electron chi connectivity index (χ1n) is 6.23. The molecule has 0 N–H and O–H groups in total. The molecule has 20 heavy (non-hydrogen) atoms. The van der Waals surface area contributed by atoms with Gasteiger partial charge in [0.25, 0.3) is 5.89 Å². The number of hydrogen-bond donors (Lipinski definition) is 0. The molecule has 2 aromatic heterocycles. The Hall–Kier alpha value is -2.63. The molecule has 0 aliphatic heterocycles. The van der Waals surface area contributed by atoms with Gasteiger partial charge < -0.3 is 9.15 Å². The predicted molar refractivity (Wildman–Crippen MR) is 72.0 cm³/mol. The maximum absolute atomic E-state index is 5.49. The predicted octanol–water partition coefficient (Wildman–Crippen LogP) is 2.36. The monoisotopic (exact) mass is 270 g/mol. The van der Waals surface area contributed by atoms with Gasteiger partial charge in [0, 0.05) is 23.9 Å². The quantitative estimate of drug-likeness (QED) is 0.728. The van der Waals surface area contributed by atoms with Crippen molar-refractivity contribution in [3.05, 3.63) is 47.8 Å². The molecular weight excluding hydrogens is 256 g/mol. The van der Waals surface area contributed by atoms with Crippen LogP contribution in [-0.2, 0) is 13.7 Å². The lowest BCUT2D eigenvalue weighted by atomic mass is 10.2. The number of hydrogen-bond acceptors (Lipinski definition) is 5. The summed E-state index contributed by atoms with van der Waals surface area (Å²) in [5.41, 5.74) is 2.91. The number of ether oxygens (including phenoxy) is 1. The second kappa shape index (κ2) is 5.16. The van der Waals surface area contributed by atoms with Crippen molar-refractivity contribution in [3.8, 4) is 17.5 Å². The largest absolute Gasteiger partial charge is 0.444 e. The number of aromatic nitrogens is 4. The third kappa shape index (κ3) is 2.40. The minimum absolute atomic E-state index is 0.159. The average Bonchev–Trinajstić information content (AvgIpc) is 3.07. The van der Waals surface area contributed by atoms with E-state index < -0.39 is 0 Å². The van der Waals surface area contributed by atoms with E-state index in [1.54, 1.807) is 10.9 Å². The van der Waals surface area contributed by atoms with Crippen LogP contribution in [0.3, 0.4) is 0 Å². The van der Waals surface area contributed by atoms with Crippen LogP contribution in [0.1, 0.15) is 11.3 Å². The molecule has 6 heteroatoms. The van der Waals surface area contributed by atoms with Crippen LogP contribution in [0.2, 0.25) is 0 Å². The lowest BCUT2D eigenvalue weighted by Gasteiger charge is -2.00. The van der Waals surface area contributed by atoms with Gasteiger partial charge in [0.15, 0.2) is 0 Å². The van der Waals surface area contributed by atoms with E-state index in [0.29, 0.717) is 12.5 Å². The number of rotatable bonds is 4. The van der Waals surface area contributed by atoms with Gasteiger partial charge in [-0.25, -0.2) is 0 Å². The summed E-state index contributed by atoms with van der Waals surface area (Å²) in [4.78, 5) is 0. The summed E-state index contributed by atoms with van der Waals surface area (Å²) in [6.07, 6.45) is 1.93. The highest BCUT2D eigenvalue weighted by Gasteiger charge is 2.10. The highest BCUT2D eigenvalue weighted by molar-refractivity contribution is 5.51. The third-order valence-electron chi connectivity index (χ3n) is 3.12. The van der Waals surface area contributed by atoms with Crippen LogP contribution >= 0.6 is 0 Å². The number of aryl methyl sites for hydroxylation is 1. The van der Waals surface area contributed by atoms with Gasteiger partial charge in [-0.15, -0.1) is 5.10 Å². The van der Waals surface area contributed by atoms with Crippen molar-refractivity contribution >= 4 is 0 Å². The van der Waals surface area contributed by atoms with E-state index in [-0.39, 0.29) is 6.08 Å². The Morgan fingerprint density at radius 2 is 2.00 bits per heavy atom. The van der Waals surface area contributed by atoms with E-state index >= 15 is 0 Å². The first-order chi connectivity index (χ1) is 9.74. The third-order valence-corrected chi connectivity index (χ3v) is 3.12. The molecule has 0 aliphatic carbocycles. The maximum atomic E-state index is 5.49. The molecule has 0 saturated heterocycles. The van der Waals surface area contributed by atoms with Gasteiger partial charge in [-0.05, 0) is 19.1 Å². The fraction of sp³-hybridized carbons (Fsp3) is 0.214. The van der Waals surface area contributed by atoms with Gasteiger partial charge in [-0.1, -0.05) is 23.3 Å². The molecule has 3 rings (SSSR count). The molecule has 0 spiro atoms. The minimum atomic E-state index is 0.159. The summed E-state index contributed by atoms with van der Waals surface area (Å²) < 4.78 is 12.8. The summed E-state index contributed by atoms with van der Waals surface area (Å²) >= 11 is 0. The Kier molecular flexibility index (Phi) is 3.20. The van der Waals surface area contributed by atoms with Gasteiger partial charge in [0.2, 0.25) is 0 Å². The van der Waals surface area contributed by atoms with E-state index in [1.165, 1.54) is 0 Å². The van der Waals surface area contributed by atoms with E-state index in [0.717, 1.165) is 16.8 Å². The Morgan fingerprint density at radius 3 is 2.70 bits per heavy atom. The van der Waals surface area contributed by atoms with Crippen molar-refractivity contribution in [2.24, 2.45) is 7.05 Å². The van der Waals surface area contributed by atoms with Crippen LogP contribution in [0, 0.1) is 6.92 Å². The minimum Gasteiger partial charge on any atom is -0.444 e. The summed E-state index contributed by atoms with van der Waals surface area (Å²) in [5, 5.41) is 12.0. The van der Waals surface area contributed by atoms with Crippen molar-refractivity contribution < 1.29 is 9.15 Å². The zero-order chi connectivity index (χ0) is 13.9. The van der Waals surface area contributed by atoms with E-state index in [2.05, 4.69) is 15.3 Å². The normalized spacial score (nSPS) is 10.7. The van der Waals surface area contributed by atoms with Crippen LogP contribution in [0.5, 0.6) is 6.08 Å². The van der Waals surface area contributed by atoms with Gasteiger partial charge in [-0.3, -0.25) is 4.68 Å². The van der Waals surface area contributed by atoms with Crippen molar-refractivity contribution in [1.29, 1.82) is 0 Å².